The molecule has 2 heterocycles. The molecule has 0 bridgehead atoms. The summed E-state index contributed by atoms with van der Waals surface area (Å²) in [5.74, 6) is 0.464. The summed E-state index contributed by atoms with van der Waals surface area (Å²) >= 11 is 0. The minimum absolute atomic E-state index is 0.131. The van der Waals surface area contributed by atoms with Gasteiger partial charge in [0.2, 0.25) is 10.0 Å². The van der Waals surface area contributed by atoms with Crippen molar-refractivity contribution in [3.05, 3.63) is 47.8 Å². The topological polar surface area (TPSA) is 80.6 Å². The molecule has 0 fully saturated rings. The summed E-state index contributed by atoms with van der Waals surface area (Å²) < 4.78 is 34.0. The van der Waals surface area contributed by atoms with Gasteiger partial charge in [0.05, 0.1) is 12.6 Å². The molecule has 1 aliphatic rings. The van der Waals surface area contributed by atoms with Gasteiger partial charge in [0.1, 0.15) is 16.3 Å². The minimum atomic E-state index is -3.61. The highest BCUT2D eigenvalue weighted by Gasteiger charge is 2.27. The van der Waals surface area contributed by atoms with Gasteiger partial charge in [0, 0.05) is 38.3 Å². The number of aromatic nitrogens is 1. The Balaban J connectivity index is 1.84. The van der Waals surface area contributed by atoms with Gasteiger partial charge in [-0.1, -0.05) is 32.0 Å². The Morgan fingerprint density at radius 2 is 2.00 bits per heavy atom. The third-order valence-electron chi connectivity index (χ3n) is 4.82. The summed E-state index contributed by atoms with van der Waals surface area (Å²) in [5.41, 5.74) is 1.24. The van der Waals surface area contributed by atoms with Crippen molar-refractivity contribution in [2.24, 2.45) is 7.05 Å². The zero-order valence-electron chi connectivity index (χ0n) is 15.8. The predicted octanol–water partition coefficient (Wildman–Crippen LogP) is 2.31. The number of fused-ring (bicyclic) bond motifs is 1. The molecule has 0 saturated carbocycles. The summed E-state index contributed by atoms with van der Waals surface area (Å²) in [6, 6.07) is 8.88. The van der Waals surface area contributed by atoms with E-state index < -0.39 is 10.0 Å². The zero-order valence-corrected chi connectivity index (χ0v) is 16.6. The Morgan fingerprint density at radius 1 is 1.30 bits per heavy atom. The van der Waals surface area contributed by atoms with E-state index in [9.17, 15) is 13.2 Å². The van der Waals surface area contributed by atoms with E-state index in [1.165, 1.54) is 16.6 Å². The predicted molar refractivity (Wildman–Crippen MR) is 102 cm³/mol. The van der Waals surface area contributed by atoms with Crippen molar-refractivity contribution in [2.45, 2.75) is 31.2 Å². The highest BCUT2D eigenvalue weighted by molar-refractivity contribution is 7.89. The maximum atomic E-state index is 12.8. The highest BCUT2D eigenvalue weighted by Crippen LogP contribution is 2.31. The lowest BCUT2D eigenvalue weighted by Crippen LogP contribution is -2.33. The summed E-state index contributed by atoms with van der Waals surface area (Å²) in [7, 11) is -1.93. The number of amides is 1. The Bertz CT molecular complexity index is 932. The molecule has 7 nitrogen and oxygen atoms in total. The van der Waals surface area contributed by atoms with Crippen LogP contribution in [-0.2, 0) is 17.1 Å². The number of nitrogens with zero attached hydrogens (tertiary/aromatic N) is 2. The quantitative estimate of drug-likeness (QED) is 0.819. The Labute approximate surface area is 160 Å². The van der Waals surface area contributed by atoms with E-state index in [4.69, 9.17) is 4.74 Å². The zero-order chi connectivity index (χ0) is 19.6. The van der Waals surface area contributed by atoms with Gasteiger partial charge < -0.3 is 14.6 Å². The monoisotopic (exact) mass is 391 g/mol. The summed E-state index contributed by atoms with van der Waals surface area (Å²) in [5, 5.41) is 3.01. The fourth-order valence-corrected chi connectivity index (χ4v) is 4.87. The van der Waals surface area contributed by atoms with Crippen molar-refractivity contribution in [3.8, 4) is 5.75 Å². The molecule has 27 heavy (non-hydrogen) atoms. The van der Waals surface area contributed by atoms with Crippen LogP contribution in [-0.4, -0.2) is 42.9 Å². The van der Waals surface area contributed by atoms with E-state index >= 15 is 0 Å². The Morgan fingerprint density at radius 3 is 2.70 bits per heavy atom. The molecule has 0 aliphatic carbocycles. The van der Waals surface area contributed by atoms with Crippen LogP contribution in [0.25, 0.3) is 0 Å². The van der Waals surface area contributed by atoms with Crippen LogP contribution < -0.4 is 10.1 Å². The molecule has 1 aromatic heterocycles. The standard InChI is InChI=1S/C19H25N3O4S/c1-4-22(5-2)27(24,25)14-12-17(21(3)13-14)19(23)20-16-10-11-26-18-9-7-6-8-15(16)18/h6-9,12-13,16H,4-5,10-11H2,1-3H3,(H,20,23)/t16-/m0/s1. The number of nitrogens with one attached hydrogen (secondary N) is 1. The first-order valence-electron chi connectivity index (χ1n) is 9.07. The van der Waals surface area contributed by atoms with Crippen molar-refractivity contribution in [2.75, 3.05) is 19.7 Å². The molecular weight excluding hydrogens is 366 g/mol. The second-order valence-electron chi connectivity index (χ2n) is 6.46. The van der Waals surface area contributed by atoms with E-state index in [1.54, 1.807) is 25.5 Å². The minimum Gasteiger partial charge on any atom is -0.493 e. The van der Waals surface area contributed by atoms with Crippen molar-refractivity contribution in [1.29, 1.82) is 0 Å². The molecule has 1 N–H and O–H groups in total. The van der Waals surface area contributed by atoms with Gasteiger partial charge in [-0.05, 0) is 12.1 Å². The first kappa shape index (κ1) is 19.4. The second-order valence-corrected chi connectivity index (χ2v) is 8.40. The maximum Gasteiger partial charge on any atom is 0.268 e. The molecule has 8 heteroatoms. The lowest BCUT2D eigenvalue weighted by molar-refractivity contribution is 0.0916. The molecule has 146 valence electrons. The number of ether oxygens (including phenoxy) is 1. The van der Waals surface area contributed by atoms with Crippen LogP contribution in [0, 0.1) is 0 Å². The number of rotatable bonds is 6. The van der Waals surface area contributed by atoms with Gasteiger partial charge >= 0.3 is 0 Å². The smallest absolute Gasteiger partial charge is 0.268 e. The summed E-state index contributed by atoms with van der Waals surface area (Å²) in [6.45, 7) is 4.87. The van der Waals surface area contributed by atoms with Gasteiger partial charge in [-0.3, -0.25) is 4.79 Å². The number of carbonyl (C=O) groups is 1. The molecule has 0 saturated heterocycles. The van der Waals surface area contributed by atoms with Crippen molar-refractivity contribution in [3.63, 3.8) is 0 Å². The fraction of sp³-hybridized carbons (Fsp3) is 0.421. The normalized spacial score (nSPS) is 16.7. The van der Waals surface area contributed by atoms with Crippen LogP contribution in [0.5, 0.6) is 5.75 Å². The Hall–Kier alpha value is -2.32. The lowest BCUT2D eigenvalue weighted by Gasteiger charge is -2.26. The average Bonchev–Trinajstić information content (AvgIpc) is 3.05. The maximum absolute atomic E-state index is 12.8. The van der Waals surface area contributed by atoms with Crippen LogP contribution in [0.4, 0.5) is 0 Å². The number of aryl methyl sites for hydroxylation is 1. The third kappa shape index (κ3) is 3.72. The molecule has 3 rings (SSSR count). The Kier molecular flexibility index (Phi) is 5.57. The molecule has 1 aromatic carbocycles. The van der Waals surface area contributed by atoms with Gasteiger partial charge in [0.15, 0.2) is 0 Å². The fourth-order valence-electron chi connectivity index (χ4n) is 3.34. The molecule has 1 amide bonds. The molecule has 1 atom stereocenters. The highest BCUT2D eigenvalue weighted by atomic mass is 32.2. The number of sulfonamides is 1. The summed E-state index contributed by atoms with van der Waals surface area (Å²) in [6.07, 6.45) is 2.15. The third-order valence-corrected chi connectivity index (χ3v) is 6.83. The van der Waals surface area contributed by atoms with Gasteiger partial charge in [-0.15, -0.1) is 0 Å². The first-order chi connectivity index (χ1) is 12.9. The number of carbonyl (C=O) groups excluding carboxylic acids is 1. The average molecular weight is 391 g/mol. The van der Waals surface area contributed by atoms with E-state index in [0.717, 1.165) is 11.3 Å². The van der Waals surface area contributed by atoms with Crippen molar-refractivity contribution < 1.29 is 17.9 Å². The van der Waals surface area contributed by atoms with E-state index in [2.05, 4.69) is 5.32 Å². The molecular formula is C19H25N3O4S. The molecule has 0 spiro atoms. The van der Waals surface area contributed by atoms with Crippen LogP contribution in [0.3, 0.4) is 0 Å². The van der Waals surface area contributed by atoms with Crippen molar-refractivity contribution >= 4 is 15.9 Å². The van der Waals surface area contributed by atoms with E-state index in [0.29, 0.717) is 31.8 Å². The van der Waals surface area contributed by atoms with Gasteiger partial charge in [-0.25, -0.2) is 8.42 Å². The van der Waals surface area contributed by atoms with Crippen LogP contribution in [0.1, 0.15) is 42.4 Å². The number of hydrogen-bond acceptors (Lipinski definition) is 4. The number of para-hydroxylation sites is 1. The lowest BCUT2D eigenvalue weighted by atomic mass is 10.0. The summed E-state index contributed by atoms with van der Waals surface area (Å²) in [4.78, 5) is 12.9. The SMILES string of the molecule is CCN(CC)S(=O)(=O)c1cc(C(=O)N[C@H]2CCOc3ccccc32)n(C)c1. The van der Waals surface area contributed by atoms with Crippen LogP contribution in [0.15, 0.2) is 41.4 Å². The number of benzene rings is 1. The molecule has 2 aromatic rings. The van der Waals surface area contributed by atoms with Gasteiger partial charge in [-0.2, -0.15) is 4.31 Å². The molecule has 0 radical (unpaired) electrons. The second kappa shape index (κ2) is 7.74. The molecule has 1 aliphatic heterocycles. The van der Waals surface area contributed by atoms with Crippen molar-refractivity contribution in [1.82, 2.24) is 14.2 Å². The van der Waals surface area contributed by atoms with Crippen LogP contribution in [0.2, 0.25) is 0 Å². The number of hydrogen-bond donors (Lipinski definition) is 1. The largest absolute Gasteiger partial charge is 0.493 e. The van der Waals surface area contributed by atoms with Crippen LogP contribution >= 0.6 is 0 Å². The molecule has 0 unspecified atom stereocenters. The van der Waals surface area contributed by atoms with Gasteiger partial charge in [0.25, 0.3) is 5.91 Å². The van der Waals surface area contributed by atoms with E-state index in [1.807, 2.05) is 24.3 Å². The van der Waals surface area contributed by atoms with E-state index in [-0.39, 0.29) is 16.8 Å². The first-order valence-corrected chi connectivity index (χ1v) is 10.5.